The summed E-state index contributed by atoms with van der Waals surface area (Å²) in [5.41, 5.74) is 0.738. The summed E-state index contributed by atoms with van der Waals surface area (Å²) in [5.74, 6) is -0.242. The van der Waals surface area contributed by atoms with Crippen LogP contribution >= 0.6 is 0 Å². The summed E-state index contributed by atoms with van der Waals surface area (Å²) in [4.78, 5) is 26.0. The van der Waals surface area contributed by atoms with Crippen LogP contribution in [0.5, 0.6) is 0 Å². The zero-order valence-corrected chi connectivity index (χ0v) is 14.5. The standard InChI is InChI=1S/C16H17N3O5S/c1-10-7-14(18-24-10)16(21)19-8-11(9-19)15(20)17-12-3-5-13(6-4-12)25(2,22)23/h3-7,11H,8-9H2,1-2H3,(H,17,20). The molecule has 25 heavy (non-hydrogen) atoms. The van der Waals surface area contributed by atoms with E-state index in [4.69, 9.17) is 4.52 Å². The normalized spacial score (nSPS) is 14.9. The molecule has 0 spiro atoms. The predicted molar refractivity (Wildman–Crippen MR) is 88.8 cm³/mol. The number of nitrogens with zero attached hydrogens (tertiary/aromatic N) is 2. The number of anilines is 1. The van der Waals surface area contributed by atoms with Gasteiger partial charge in [0.2, 0.25) is 5.91 Å². The molecule has 1 N–H and O–H groups in total. The van der Waals surface area contributed by atoms with Crippen LogP contribution in [0.25, 0.3) is 0 Å². The third-order valence-corrected chi connectivity index (χ3v) is 5.07. The number of nitrogens with one attached hydrogen (secondary N) is 1. The highest BCUT2D eigenvalue weighted by Gasteiger charge is 2.37. The zero-order valence-electron chi connectivity index (χ0n) is 13.7. The van der Waals surface area contributed by atoms with Crippen LogP contribution in [0.4, 0.5) is 5.69 Å². The van der Waals surface area contributed by atoms with Gasteiger partial charge in [-0.3, -0.25) is 9.59 Å². The number of likely N-dealkylation sites (tertiary alicyclic amines) is 1. The molecule has 2 heterocycles. The molecule has 8 nitrogen and oxygen atoms in total. The molecule has 1 fully saturated rings. The number of carbonyl (C=O) groups excluding carboxylic acids is 2. The molecule has 1 aromatic carbocycles. The molecule has 0 saturated carbocycles. The van der Waals surface area contributed by atoms with Crippen LogP contribution in [-0.2, 0) is 14.6 Å². The minimum absolute atomic E-state index is 0.189. The fraction of sp³-hybridized carbons (Fsp3) is 0.312. The second-order valence-corrected chi connectivity index (χ2v) is 8.03. The summed E-state index contributed by atoms with van der Waals surface area (Å²) in [5, 5.41) is 6.39. The number of sulfone groups is 1. The van der Waals surface area contributed by atoms with E-state index in [0.717, 1.165) is 6.26 Å². The van der Waals surface area contributed by atoms with Crippen LogP contribution in [-0.4, -0.2) is 49.6 Å². The van der Waals surface area contributed by atoms with Crippen molar-refractivity contribution < 1.29 is 22.5 Å². The van der Waals surface area contributed by atoms with Crippen LogP contribution in [0.1, 0.15) is 16.2 Å². The maximum absolute atomic E-state index is 12.2. The first-order valence-electron chi connectivity index (χ1n) is 7.57. The Kier molecular flexibility index (Phi) is 4.34. The fourth-order valence-electron chi connectivity index (χ4n) is 2.47. The summed E-state index contributed by atoms with van der Waals surface area (Å²) in [6.45, 7) is 2.31. The molecule has 1 aromatic heterocycles. The molecular weight excluding hydrogens is 346 g/mol. The van der Waals surface area contributed by atoms with E-state index < -0.39 is 9.84 Å². The molecule has 132 valence electrons. The second-order valence-electron chi connectivity index (χ2n) is 6.02. The molecule has 0 atom stereocenters. The van der Waals surface area contributed by atoms with Gasteiger partial charge >= 0.3 is 0 Å². The first kappa shape index (κ1) is 17.2. The van der Waals surface area contributed by atoms with Gasteiger partial charge in [-0.15, -0.1) is 0 Å². The molecule has 0 aliphatic carbocycles. The van der Waals surface area contributed by atoms with Crippen molar-refractivity contribution in [1.82, 2.24) is 10.1 Å². The average molecular weight is 363 g/mol. The van der Waals surface area contributed by atoms with Gasteiger partial charge in [-0.1, -0.05) is 5.16 Å². The Morgan fingerprint density at radius 1 is 1.24 bits per heavy atom. The molecule has 0 bridgehead atoms. The highest BCUT2D eigenvalue weighted by molar-refractivity contribution is 7.90. The molecule has 2 aromatic rings. The number of aromatic nitrogens is 1. The molecule has 1 saturated heterocycles. The highest BCUT2D eigenvalue weighted by Crippen LogP contribution is 2.21. The zero-order chi connectivity index (χ0) is 18.2. The monoisotopic (exact) mass is 363 g/mol. The Morgan fingerprint density at radius 2 is 1.88 bits per heavy atom. The number of hydrogen-bond acceptors (Lipinski definition) is 6. The SMILES string of the molecule is Cc1cc(C(=O)N2CC(C(=O)Nc3ccc(S(C)(=O)=O)cc3)C2)no1. The Labute approximate surface area is 144 Å². The number of hydrogen-bond donors (Lipinski definition) is 1. The Morgan fingerprint density at radius 3 is 2.40 bits per heavy atom. The third-order valence-electron chi connectivity index (χ3n) is 3.94. The fourth-order valence-corrected chi connectivity index (χ4v) is 3.10. The maximum Gasteiger partial charge on any atom is 0.276 e. The lowest BCUT2D eigenvalue weighted by Gasteiger charge is -2.37. The van der Waals surface area contributed by atoms with Gasteiger partial charge in [-0.2, -0.15) is 0 Å². The molecule has 0 unspecified atom stereocenters. The van der Waals surface area contributed by atoms with E-state index in [0.29, 0.717) is 24.5 Å². The van der Waals surface area contributed by atoms with E-state index in [1.54, 1.807) is 13.0 Å². The van der Waals surface area contributed by atoms with Crippen LogP contribution in [0, 0.1) is 12.8 Å². The van der Waals surface area contributed by atoms with E-state index in [2.05, 4.69) is 10.5 Å². The summed E-state index contributed by atoms with van der Waals surface area (Å²) in [6, 6.07) is 7.50. The molecular formula is C16H17N3O5S. The third kappa shape index (κ3) is 3.71. The van der Waals surface area contributed by atoms with E-state index in [1.807, 2.05) is 0 Å². The lowest BCUT2D eigenvalue weighted by Crippen LogP contribution is -2.54. The van der Waals surface area contributed by atoms with Gasteiger partial charge in [0.1, 0.15) is 5.76 Å². The topological polar surface area (TPSA) is 110 Å². The van der Waals surface area contributed by atoms with Crippen LogP contribution in [0.15, 0.2) is 39.8 Å². The van der Waals surface area contributed by atoms with Crippen LogP contribution in [0.3, 0.4) is 0 Å². The van der Waals surface area contributed by atoms with Crippen molar-refractivity contribution in [3.63, 3.8) is 0 Å². The van der Waals surface area contributed by atoms with E-state index in [9.17, 15) is 18.0 Å². The molecule has 3 rings (SSSR count). The smallest absolute Gasteiger partial charge is 0.276 e. The van der Waals surface area contributed by atoms with Crippen LogP contribution in [0.2, 0.25) is 0 Å². The van der Waals surface area contributed by atoms with Crippen molar-refractivity contribution in [1.29, 1.82) is 0 Å². The number of rotatable bonds is 4. The average Bonchev–Trinajstić information content (AvgIpc) is 2.92. The number of aryl methyl sites for hydroxylation is 1. The minimum Gasteiger partial charge on any atom is -0.361 e. The van der Waals surface area contributed by atoms with E-state index >= 15 is 0 Å². The summed E-state index contributed by atoms with van der Waals surface area (Å²) in [7, 11) is -3.27. The summed E-state index contributed by atoms with van der Waals surface area (Å²) < 4.78 is 27.7. The molecule has 1 aliphatic rings. The number of benzene rings is 1. The Balaban J connectivity index is 1.55. The van der Waals surface area contributed by atoms with Crippen molar-refractivity contribution >= 4 is 27.3 Å². The second kappa shape index (κ2) is 6.32. The Bertz CT molecular complexity index is 912. The molecule has 2 amide bonds. The maximum atomic E-state index is 12.2. The van der Waals surface area contributed by atoms with Crippen LogP contribution < -0.4 is 5.32 Å². The lowest BCUT2D eigenvalue weighted by atomic mass is 9.98. The number of carbonyl (C=O) groups is 2. The predicted octanol–water partition coefficient (Wildman–Crippen LogP) is 1.10. The van der Waals surface area contributed by atoms with E-state index in [1.165, 1.54) is 29.2 Å². The highest BCUT2D eigenvalue weighted by atomic mass is 32.2. The number of amides is 2. The van der Waals surface area contributed by atoms with Gasteiger partial charge in [0, 0.05) is 31.1 Å². The lowest BCUT2D eigenvalue weighted by molar-refractivity contribution is -0.123. The first-order chi connectivity index (χ1) is 11.7. The van der Waals surface area contributed by atoms with Crippen molar-refractivity contribution in [3.05, 3.63) is 41.8 Å². The molecule has 9 heteroatoms. The van der Waals surface area contributed by atoms with Gasteiger partial charge < -0.3 is 14.7 Å². The molecule has 0 radical (unpaired) electrons. The quantitative estimate of drug-likeness (QED) is 0.871. The summed E-state index contributed by atoms with van der Waals surface area (Å²) in [6.07, 6.45) is 1.12. The Hall–Kier alpha value is -2.68. The van der Waals surface area contributed by atoms with Gasteiger partial charge in [0.15, 0.2) is 15.5 Å². The van der Waals surface area contributed by atoms with E-state index in [-0.39, 0.29) is 28.3 Å². The summed E-state index contributed by atoms with van der Waals surface area (Å²) >= 11 is 0. The largest absolute Gasteiger partial charge is 0.361 e. The van der Waals surface area contributed by atoms with Gasteiger partial charge in [-0.05, 0) is 31.2 Å². The first-order valence-corrected chi connectivity index (χ1v) is 9.47. The van der Waals surface area contributed by atoms with Crippen molar-refractivity contribution in [2.75, 3.05) is 24.7 Å². The molecule has 1 aliphatic heterocycles. The van der Waals surface area contributed by atoms with Crippen molar-refractivity contribution in [2.24, 2.45) is 5.92 Å². The van der Waals surface area contributed by atoms with Crippen molar-refractivity contribution in [3.8, 4) is 0 Å². The van der Waals surface area contributed by atoms with Crippen molar-refractivity contribution in [2.45, 2.75) is 11.8 Å². The van der Waals surface area contributed by atoms with Gasteiger partial charge in [0.25, 0.3) is 5.91 Å². The van der Waals surface area contributed by atoms with Gasteiger partial charge in [-0.25, -0.2) is 8.42 Å². The van der Waals surface area contributed by atoms with Gasteiger partial charge in [0.05, 0.1) is 10.8 Å². The minimum atomic E-state index is -3.27.